The van der Waals surface area contributed by atoms with Crippen LogP contribution in [0.25, 0.3) is 22.2 Å². The van der Waals surface area contributed by atoms with Crippen molar-refractivity contribution in [2.24, 2.45) is 0 Å². The fourth-order valence-electron chi connectivity index (χ4n) is 3.70. The number of ether oxygens (including phenoxy) is 1. The Morgan fingerprint density at radius 3 is 2.78 bits per heavy atom. The highest BCUT2D eigenvalue weighted by Gasteiger charge is 2.11. The Morgan fingerprint density at radius 2 is 1.94 bits per heavy atom. The van der Waals surface area contributed by atoms with Gasteiger partial charge in [0.15, 0.2) is 0 Å². The van der Waals surface area contributed by atoms with Gasteiger partial charge in [0.25, 0.3) is 0 Å². The van der Waals surface area contributed by atoms with Crippen molar-refractivity contribution >= 4 is 46.0 Å². The summed E-state index contributed by atoms with van der Waals surface area (Å²) in [7, 11) is 0. The van der Waals surface area contributed by atoms with Crippen molar-refractivity contribution in [3.8, 4) is 17.1 Å². The Hall–Kier alpha value is -3.59. The first-order valence-corrected chi connectivity index (χ1v) is 12.7. The summed E-state index contributed by atoms with van der Waals surface area (Å²) in [5.74, 6) is 2.47. The largest absolute Gasteiger partial charge is 0.487 e. The monoisotopic (exact) mass is 520 g/mol. The van der Waals surface area contributed by atoms with Crippen molar-refractivity contribution in [2.75, 3.05) is 11.6 Å². The third kappa shape index (κ3) is 5.62. The molecule has 0 aliphatic rings. The Bertz CT molecular complexity index is 1510. The highest BCUT2D eigenvalue weighted by molar-refractivity contribution is 7.96. The normalized spacial score (nSPS) is 11.1. The lowest BCUT2D eigenvalue weighted by molar-refractivity contribution is 0.306. The van der Waals surface area contributed by atoms with Gasteiger partial charge >= 0.3 is 0 Å². The summed E-state index contributed by atoms with van der Waals surface area (Å²) < 4.78 is 28.3. The first kappa shape index (κ1) is 24.1. The quantitative estimate of drug-likeness (QED) is 0.196. The van der Waals surface area contributed by atoms with Crippen LogP contribution in [0.3, 0.4) is 0 Å². The van der Waals surface area contributed by atoms with Gasteiger partial charge < -0.3 is 14.5 Å². The first-order valence-electron chi connectivity index (χ1n) is 11.1. The fourth-order valence-corrected chi connectivity index (χ4v) is 4.22. The van der Waals surface area contributed by atoms with Gasteiger partial charge in [0.2, 0.25) is 0 Å². The second-order valence-electron chi connectivity index (χ2n) is 7.93. The molecule has 0 spiro atoms. The molecule has 0 radical (unpaired) electrons. The topological polar surface area (TPSA) is 72.2 Å². The molecule has 9 heteroatoms. The van der Waals surface area contributed by atoms with Gasteiger partial charge in [-0.3, -0.25) is 4.72 Å². The van der Waals surface area contributed by atoms with E-state index in [0.29, 0.717) is 23.1 Å². The van der Waals surface area contributed by atoms with Gasteiger partial charge in [0.1, 0.15) is 41.8 Å². The molecule has 0 fully saturated rings. The number of rotatable bonds is 9. The summed E-state index contributed by atoms with van der Waals surface area (Å²) in [5.41, 5.74) is 3.19. The minimum Gasteiger partial charge on any atom is -0.487 e. The number of aromatic nitrogens is 2. The molecular weight excluding hydrogens is 499 g/mol. The maximum Gasteiger partial charge on any atom is 0.141 e. The number of fused-ring (bicyclic) bond motifs is 1. The molecule has 0 aliphatic carbocycles. The average molecular weight is 521 g/mol. The van der Waals surface area contributed by atoms with Gasteiger partial charge in [-0.15, -0.1) is 0 Å². The van der Waals surface area contributed by atoms with Crippen molar-refractivity contribution in [1.82, 2.24) is 14.7 Å². The molecule has 2 N–H and O–H groups in total. The van der Waals surface area contributed by atoms with Crippen molar-refractivity contribution in [3.63, 3.8) is 0 Å². The van der Waals surface area contributed by atoms with E-state index in [1.807, 2.05) is 42.7 Å². The number of hydrogen-bond acceptors (Lipinski definition) is 7. The van der Waals surface area contributed by atoms with Gasteiger partial charge in [-0.25, -0.2) is 14.4 Å². The van der Waals surface area contributed by atoms with Crippen LogP contribution in [0, 0.1) is 5.82 Å². The molecule has 5 aromatic rings. The molecule has 0 amide bonds. The second kappa shape index (κ2) is 11.0. The zero-order chi connectivity index (χ0) is 24.9. The van der Waals surface area contributed by atoms with Crippen LogP contribution >= 0.6 is 23.5 Å². The second-order valence-corrected chi connectivity index (χ2v) is 9.04. The molecule has 36 heavy (non-hydrogen) atoms. The smallest absolute Gasteiger partial charge is 0.141 e. The van der Waals surface area contributed by atoms with Crippen molar-refractivity contribution < 1.29 is 13.5 Å². The summed E-state index contributed by atoms with van der Waals surface area (Å²) >= 11 is 8.01. The molecule has 3 aromatic carbocycles. The zero-order valence-electron chi connectivity index (χ0n) is 19.3. The van der Waals surface area contributed by atoms with Crippen LogP contribution in [0.5, 0.6) is 5.75 Å². The van der Waals surface area contributed by atoms with E-state index in [2.05, 4.69) is 20.0 Å². The molecule has 0 bridgehead atoms. The van der Waals surface area contributed by atoms with Gasteiger partial charge in [0.05, 0.1) is 17.1 Å². The Labute approximate surface area is 217 Å². The van der Waals surface area contributed by atoms with E-state index in [-0.39, 0.29) is 12.4 Å². The molecule has 2 aromatic heterocycles. The van der Waals surface area contributed by atoms with E-state index < -0.39 is 0 Å². The highest BCUT2D eigenvalue weighted by Crippen LogP contribution is 2.32. The van der Waals surface area contributed by atoms with Crippen molar-refractivity contribution in [3.05, 3.63) is 101 Å². The molecular formula is C27H22ClFN4O2S. The zero-order valence-corrected chi connectivity index (χ0v) is 20.9. The fraction of sp³-hybridized carbons (Fsp3) is 0.111. The molecule has 0 saturated heterocycles. The lowest BCUT2D eigenvalue weighted by atomic mass is 10.1. The molecule has 182 valence electrons. The minimum atomic E-state index is -0.304. The van der Waals surface area contributed by atoms with E-state index >= 15 is 0 Å². The van der Waals surface area contributed by atoms with Crippen LogP contribution in [0.2, 0.25) is 5.02 Å². The average Bonchev–Trinajstić information content (AvgIpc) is 3.36. The van der Waals surface area contributed by atoms with Crippen LogP contribution in [-0.4, -0.2) is 16.2 Å². The summed E-state index contributed by atoms with van der Waals surface area (Å²) in [6.45, 7) is 0.860. The number of nitrogens with zero attached hydrogens (tertiary/aromatic N) is 2. The summed E-state index contributed by atoms with van der Waals surface area (Å²) in [5, 5.41) is 4.60. The Kier molecular flexibility index (Phi) is 7.36. The van der Waals surface area contributed by atoms with Gasteiger partial charge in [-0.05, 0) is 72.5 Å². The first-order chi connectivity index (χ1) is 17.6. The number of hydrogen-bond donors (Lipinski definition) is 2. The number of anilines is 2. The summed E-state index contributed by atoms with van der Waals surface area (Å²) in [6, 6.07) is 21.5. The standard InChI is InChI=1S/C27H22ClFN4O2S/c1-36-32-14-21-7-10-25(35-21)18-5-8-24-22(12-18)27(31-16-30-24)33-20-6-9-26(23(28)13-20)34-15-17-3-2-4-19(29)11-17/h2-13,16,32H,14-15H2,1H3,(H,30,31,33). The summed E-state index contributed by atoms with van der Waals surface area (Å²) in [6.07, 6.45) is 3.49. The molecule has 0 saturated carbocycles. The van der Waals surface area contributed by atoms with E-state index in [4.69, 9.17) is 20.8 Å². The van der Waals surface area contributed by atoms with Crippen molar-refractivity contribution in [2.45, 2.75) is 13.2 Å². The lowest BCUT2D eigenvalue weighted by Gasteiger charge is -2.12. The van der Waals surface area contributed by atoms with Gasteiger partial charge in [-0.2, -0.15) is 0 Å². The van der Waals surface area contributed by atoms with Crippen LogP contribution in [-0.2, 0) is 13.2 Å². The van der Waals surface area contributed by atoms with Crippen molar-refractivity contribution in [1.29, 1.82) is 0 Å². The summed E-state index contributed by atoms with van der Waals surface area (Å²) in [4.78, 5) is 8.83. The molecule has 6 nitrogen and oxygen atoms in total. The number of furan rings is 1. The van der Waals surface area contributed by atoms with Crippen LogP contribution in [0.4, 0.5) is 15.9 Å². The van der Waals surface area contributed by atoms with Crippen LogP contribution in [0.1, 0.15) is 11.3 Å². The van der Waals surface area contributed by atoms with Gasteiger partial charge in [0, 0.05) is 16.6 Å². The minimum absolute atomic E-state index is 0.214. The molecule has 0 aliphatic heterocycles. The molecule has 0 atom stereocenters. The SMILES string of the molecule is CSNCc1ccc(-c2ccc3ncnc(Nc4ccc(OCc5cccc(F)c5)c(Cl)c4)c3c2)o1. The Balaban J connectivity index is 1.35. The van der Waals surface area contributed by atoms with E-state index in [9.17, 15) is 4.39 Å². The number of halogens is 2. The number of benzene rings is 3. The van der Waals surface area contributed by atoms with Crippen LogP contribution in [0.15, 0.2) is 83.5 Å². The van der Waals surface area contributed by atoms with Gasteiger partial charge in [-0.1, -0.05) is 35.7 Å². The van der Waals surface area contributed by atoms with E-state index in [1.165, 1.54) is 18.5 Å². The predicted octanol–water partition coefficient (Wildman–Crippen LogP) is 7.37. The maximum absolute atomic E-state index is 13.4. The molecule has 5 rings (SSSR count). The lowest BCUT2D eigenvalue weighted by Crippen LogP contribution is -1.99. The third-order valence-electron chi connectivity index (χ3n) is 5.45. The Morgan fingerprint density at radius 1 is 1.03 bits per heavy atom. The highest BCUT2D eigenvalue weighted by atomic mass is 35.5. The predicted molar refractivity (Wildman–Crippen MR) is 143 cm³/mol. The third-order valence-corrected chi connectivity index (χ3v) is 6.18. The van der Waals surface area contributed by atoms with E-state index in [0.717, 1.165) is 39.2 Å². The molecule has 2 heterocycles. The van der Waals surface area contributed by atoms with E-state index in [1.54, 1.807) is 36.2 Å². The number of nitrogens with one attached hydrogen (secondary N) is 2. The molecule has 0 unspecified atom stereocenters. The maximum atomic E-state index is 13.4. The van der Waals surface area contributed by atoms with Crippen LogP contribution < -0.4 is 14.8 Å².